The standard InChI is InChI=1S/C15H22O2/c1-6-13(16)14(17)12-8-7-11(9-10(12)2)15(3,4)5/h7-9,14,17H,6H2,1-5H3. The second-order valence-electron chi connectivity index (χ2n) is 5.54. The van der Waals surface area contributed by atoms with Crippen molar-refractivity contribution in [3.05, 3.63) is 34.9 Å². The molecule has 1 aromatic carbocycles. The second-order valence-corrected chi connectivity index (χ2v) is 5.54. The van der Waals surface area contributed by atoms with Crippen LogP contribution in [-0.2, 0) is 10.2 Å². The molecule has 0 aromatic heterocycles. The number of aryl methyl sites for hydroxylation is 1. The van der Waals surface area contributed by atoms with Crippen LogP contribution in [0.1, 0.15) is 56.9 Å². The Balaban J connectivity index is 3.10. The molecule has 0 aliphatic carbocycles. The first-order valence-electron chi connectivity index (χ1n) is 6.09. The van der Waals surface area contributed by atoms with Crippen LogP contribution in [0.15, 0.2) is 18.2 Å². The molecule has 0 aliphatic rings. The zero-order valence-corrected chi connectivity index (χ0v) is 11.4. The minimum absolute atomic E-state index is 0.0863. The van der Waals surface area contributed by atoms with Crippen LogP contribution in [0.2, 0.25) is 0 Å². The third-order valence-corrected chi connectivity index (χ3v) is 3.08. The molecule has 1 aromatic rings. The fourth-order valence-corrected chi connectivity index (χ4v) is 1.82. The zero-order chi connectivity index (χ0) is 13.2. The number of aliphatic hydroxyl groups excluding tert-OH is 1. The van der Waals surface area contributed by atoms with E-state index in [0.717, 1.165) is 11.1 Å². The molecule has 0 aliphatic heterocycles. The van der Waals surface area contributed by atoms with Gasteiger partial charge in [0, 0.05) is 6.42 Å². The molecule has 1 atom stereocenters. The lowest BCUT2D eigenvalue weighted by Gasteiger charge is -2.21. The van der Waals surface area contributed by atoms with E-state index in [2.05, 4.69) is 26.8 Å². The molecule has 94 valence electrons. The Morgan fingerprint density at radius 1 is 1.35 bits per heavy atom. The van der Waals surface area contributed by atoms with Gasteiger partial charge in [0.15, 0.2) is 5.78 Å². The van der Waals surface area contributed by atoms with E-state index in [1.807, 2.05) is 19.1 Å². The molecule has 1 N–H and O–H groups in total. The molecular weight excluding hydrogens is 212 g/mol. The van der Waals surface area contributed by atoms with E-state index in [1.165, 1.54) is 5.56 Å². The number of hydrogen-bond donors (Lipinski definition) is 1. The van der Waals surface area contributed by atoms with Crippen LogP contribution >= 0.6 is 0 Å². The van der Waals surface area contributed by atoms with Crippen LogP contribution in [-0.4, -0.2) is 10.9 Å². The second kappa shape index (κ2) is 5.01. The van der Waals surface area contributed by atoms with Gasteiger partial charge in [-0.2, -0.15) is 0 Å². The maximum absolute atomic E-state index is 11.5. The van der Waals surface area contributed by atoms with Gasteiger partial charge in [-0.1, -0.05) is 45.9 Å². The number of carbonyl (C=O) groups is 1. The van der Waals surface area contributed by atoms with Crippen molar-refractivity contribution >= 4 is 5.78 Å². The SMILES string of the molecule is CCC(=O)C(O)c1ccc(C(C)(C)C)cc1C. The predicted molar refractivity (Wildman–Crippen MR) is 70.1 cm³/mol. The van der Waals surface area contributed by atoms with Crippen LogP contribution in [0.4, 0.5) is 0 Å². The van der Waals surface area contributed by atoms with E-state index in [4.69, 9.17) is 0 Å². The molecule has 0 spiro atoms. The number of ketones is 1. The van der Waals surface area contributed by atoms with Gasteiger partial charge in [0.1, 0.15) is 6.10 Å². The van der Waals surface area contributed by atoms with Crippen LogP contribution < -0.4 is 0 Å². The normalized spacial score (nSPS) is 13.5. The topological polar surface area (TPSA) is 37.3 Å². The summed E-state index contributed by atoms with van der Waals surface area (Å²) in [6.45, 7) is 10.2. The first kappa shape index (κ1) is 13.9. The lowest BCUT2D eigenvalue weighted by Crippen LogP contribution is -2.15. The lowest BCUT2D eigenvalue weighted by atomic mass is 9.84. The van der Waals surface area contributed by atoms with E-state index in [9.17, 15) is 9.90 Å². The van der Waals surface area contributed by atoms with Gasteiger partial charge in [0.2, 0.25) is 0 Å². The summed E-state index contributed by atoms with van der Waals surface area (Å²) in [6.07, 6.45) is -0.615. The Kier molecular flexibility index (Phi) is 4.10. The first-order valence-corrected chi connectivity index (χ1v) is 6.09. The van der Waals surface area contributed by atoms with Crippen molar-refractivity contribution < 1.29 is 9.90 Å². The highest BCUT2D eigenvalue weighted by molar-refractivity contribution is 5.84. The molecule has 2 nitrogen and oxygen atoms in total. The Labute approximate surface area is 104 Å². The van der Waals surface area contributed by atoms with E-state index in [-0.39, 0.29) is 11.2 Å². The van der Waals surface area contributed by atoms with Crippen LogP contribution in [0.25, 0.3) is 0 Å². The van der Waals surface area contributed by atoms with E-state index >= 15 is 0 Å². The molecule has 2 heteroatoms. The van der Waals surface area contributed by atoms with Crippen molar-refractivity contribution in [1.82, 2.24) is 0 Å². The van der Waals surface area contributed by atoms with Crippen molar-refractivity contribution in [2.24, 2.45) is 0 Å². The van der Waals surface area contributed by atoms with Crippen molar-refractivity contribution in [2.75, 3.05) is 0 Å². The Bertz CT molecular complexity index is 413. The quantitative estimate of drug-likeness (QED) is 0.871. The third kappa shape index (κ3) is 3.16. The molecule has 0 heterocycles. The molecule has 0 radical (unpaired) electrons. The number of rotatable bonds is 3. The number of aliphatic hydroxyl groups is 1. The largest absolute Gasteiger partial charge is 0.381 e. The molecule has 0 saturated heterocycles. The summed E-state index contributed by atoms with van der Waals surface area (Å²) in [5.41, 5.74) is 3.01. The average Bonchev–Trinajstić information content (AvgIpc) is 2.25. The molecule has 0 bridgehead atoms. The van der Waals surface area contributed by atoms with Crippen molar-refractivity contribution in [3.8, 4) is 0 Å². The highest BCUT2D eigenvalue weighted by atomic mass is 16.3. The van der Waals surface area contributed by atoms with Gasteiger partial charge < -0.3 is 5.11 Å². The lowest BCUT2D eigenvalue weighted by molar-refractivity contribution is -0.127. The maximum atomic E-state index is 11.5. The van der Waals surface area contributed by atoms with Gasteiger partial charge in [-0.15, -0.1) is 0 Å². The minimum atomic E-state index is -0.978. The monoisotopic (exact) mass is 234 g/mol. The summed E-state index contributed by atoms with van der Waals surface area (Å²) in [7, 11) is 0. The van der Waals surface area contributed by atoms with Crippen LogP contribution in [0.3, 0.4) is 0 Å². The molecule has 1 rings (SSSR count). The first-order chi connectivity index (χ1) is 7.77. The average molecular weight is 234 g/mol. The van der Waals surface area contributed by atoms with Gasteiger partial charge in [0.25, 0.3) is 0 Å². The van der Waals surface area contributed by atoms with Crippen molar-refractivity contribution in [1.29, 1.82) is 0 Å². The Morgan fingerprint density at radius 2 is 1.94 bits per heavy atom. The summed E-state index contributed by atoms with van der Waals surface area (Å²) >= 11 is 0. The molecule has 17 heavy (non-hydrogen) atoms. The van der Waals surface area contributed by atoms with Gasteiger partial charge in [-0.25, -0.2) is 0 Å². The van der Waals surface area contributed by atoms with Gasteiger partial charge >= 0.3 is 0 Å². The smallest absolute Gasteiger partial charge is 0.165 e. The fourth-order valence-electron chi connectivity index (χ4n) is 1.82. The summed E-state index contributed by atoms with van der Waals surface area (Å²) in [5, 5.41) is 9.91. The van der Waals surface area contributed by atoms with Gasteiger partial charge in [-0.05, 0) is 29.0 Å². The van der Waals surface area contributed by atoms with E-state index in [1.54, 1.807) is 6.92 Å². The highest BCUT2D eigenvalue weighted by Gasteiger charge is 2.20. The van der Waals surface area contributed by atoms with Gasteiger partial charge in [-0.3, -0.25) is 4.79 Å². The third-order valence-electron chi connectivity index (χ3n) is 3.08. The minimum Gasteiger partial charge on any atom is -0.381 e. The number of Topliss-reactive ketones (excluding diaryl/α,β-unsaturated/α-hetero) is 1. The summed E-state index contributed by atoms with van der Waals surface area (Å²) < 4.78 is 0. The maximum Gasteiger partial charge on any atom is 0.165 e. The zero-order valence-electron chi connectivity index (χ0n) is 11.4. The summed E-state index contributed by atoms with van der Waals surface area (Å²) in [4.78, 5) is 11.5. The Morgan fingerprint density at radius 3 is 2.35 bits per heavy atom. The number of hydrogen-bond acceptors (Lipinski definition) is 2. The molecule has 0 fully saturated rings. The molecule has 0 amide bonds. The molecule has 0 saturated carbocycles. The highest BCUT2D eigenvalue weighted by Crippen LogP contribution is 2.27. The van der Waals surface area contributed by atoms with E-state index in [0.29, 0.717) is 6.42 Å². The fraction of sp³-hybridized carbons (Fsp3) is 0.533. The van der Waals surface area contributed by atoms with Crippen molar-refractivity contribution in [3.63, 3.8) is 0 Å². The van der Waals surface area contributed by atoms with Crippen molar-refractivity contribution in [2.45, 2.75) is 52.6 Å². The van der Waals surface area contributed by atoms with E-state index < -0.39 is 6.10 Å². The number of carbonyl (C=O) groups excluding carboxylic acids is 1. The van der Waals surface area contributed by atoms with Crippen LogP contribution in [0.5, 0.6) is 0 Å². The molecular formula is C15H22O2. The summed E-state index contributed by atoms with van der Waals surface area (Å²) in [5.74, 6) is -0.128. The predicted octanol–water partition coefficient (Wildman–Crippen LogP) is 3.31. The van der Waals surface area contributed by atoms with Gasteiger partial charge in [0.05, 0.1) is 0 Å². The molecule has 1 unspecified atom stereocenters. The number of benzene rings is 1. The Hall–Kier alpha value is -1.15. The summed E-state index contributed by atoms with van der Waals surface area (Å²) in [6, 6.07) is 5.92. The van der Waals surface area contributed by atoms with Crippen LogP contribution in [0, 0.1) is 6.92 Å².